The summed E-state index contributed by atoms with van der Waals surface area (Å²) in [5, 5.41) is 3.11. The van der Waals surface area contributed by atoms with Crippen LogP contribution in [0.2, 0.25) is 0 Å². The van der Waals surface area contributed by atoms with E-state index in [4.69, 9.17) is 10.5 Å². The maximum Gasteiger partial charge on any atom is 0.227 e. The van der Waals surface area contributed by atoms with E-state index >= 15 is 0 Å². The highest BCUT2D eigenvalue weighted by Gasteiger charge is 2.40. The lowest BCUT2D eigenvalue weighted by molar-refractivity contribution is -0.131. The van der Waals surface area contributed by atoms with E-state index in [0.717, 1.165) is 25.7 Å². The number of carbonyl (C=O) groups excluding carboxylic acids is 1. The second-order valence-corrected chi connectivity index (χ2v) is 5.47. The molecule has 1 aliphatic carbocycles. The quantitative estimate of drug-likeness (QED) is 0.737. The van der Waals surface area contributed by atoms with E-state index in [9.17, 15) is 4.79 Å². The lowest BCUT2D eigenvalue weighted by atomic mass is 9.84. The Balaban J connectivity index is 2.62. The normalized spacial score (nSPS) is 20.5. The summed E-state index contributed by atoms with van der Waals surface area (Å²) in [4.78, 5) is 12.3. The Labute approximate surface area is 104 Å². The average molecular weight is 242 g/mol. The molecule has 0 aromatic carbocycles. The molecule has 4 nitrogen and oxygen atoms in total. The van der Waals surface area contributed by atoms with Crippen molar-refractivity contribution in [1.29, 1.82) is 0 Å². The summed E-state index contributed by atoms with van der Waals surface area (Å²) in [5.74, 6) is 0.489. The molecule has 4 heteroatoms. The summed E-state index contributed by atoms with van der Waals surface area (Å²) in [5.41, 5.74) is 5.48. The van der Waals surface area contributed by atoms with Gasteiger partial charge in [0, 0.05) is 13.7 Å². The fourth-order valence-corrected chi connectivity index (χ4v) is 2.48. The van der Waals surface area contributed by atoms with Gasteiger partial charge < -0.3 is 15.8 Å². The highest BCUT2D eigenvalue weighted by atomic mass is 16.5. The molecule has 1 aliphatic rings. The van der Waals surface area contributed by atoms with Gasteiger partial charge in [-0.3, -0.25) is 4.79 Å². The molecule has 1 unspecified atom stereocenters. The molecule has 0 aromatic rings. The lowest BCUT2D eigenvalue weighted by Gasteiger charge is -2.30. The predicted molar refractivity (Wildman–Crippen MR) is 68.6 cm³/mol. The van der Waals surface area contributed by atoms with E-state index in [1.165, 1.54) is 0 Å². The van der Waals surface area contributed by atoms with Gasteiger partial charge in [0.2, 0.25) is 5.91 Å². The van der Waals surface area contributed by atoms with Crippen molar-refractivity contribution in [1.82, 2.24) is 5.32 Å². The van der Waals surface area contributed by atoms with Crippen molar-refractivity contribution >= 4 is 5.91 Å². The topological polar surface area (TPSA) is 64.3 Å². The number of nitrogens with one attached hydrogen (secondary N) is 1. The molecule has 0 heterocycles. The maximum atomic E-state index is 12.3. The largest absolute Gasteiger partial charge is 0.383 e. The van der Waals surface area contributed by atoms with Gasteiger partial charge in [-0.1, -0.05) is 26.7 Å². The van der Waals surface area contributed by atoms with Crippen LogP contribution in [-0.4, -0.2) is 32.2 Å². The maximum absolute atomic E-state index is 12.3. The van der Waals surface area contributed by atoms with Gasteiger partial charge in [-0.15, -0.1) is 0 Å². The molecule has 1 atom stereocenters. The molecule has 3 N–H and O–H groups in total. The SMILES string of the molecule is COCC(NC(=O)C1(CN)CCCC1)C(C)C. The van der Waals surface area contributed by atoms with Crippen LogP contribution < -0.4 is 11.1 Å². The molecular formula is C13H26N2O2. The van der Waals surface area contributed by atoms with Crippen molar-refractivity contribution < 1.29 is 9.53 Å². The van der Waals surface area contributed by atoms with Crippen LogP contribution in [-0.2, 0) is 9.53 Å². The number of rotatable bonds is 6. The Morgan fingerprint density at radius 1 is 1.41 bits per heavy atom. The Morgan fingerprint density at radius 2 is 2.00 bits per heavy atom. The average Bonchev–Trinajstić information content (AvgIpc) is 2.78. The molecule has 0 radical (unpaired) electrons. The number of amides is 1. The first kappa shape index (κ1) is 14.5. The van der Waals surface area contributed by atoms with Crippen LogP contribution in [0.4, 0.5) is 0 Å². The fraction of sp³-hybridized carbons (Fsp3) is 0.923. The van der Waals surface area contributed by atoms with Crippen molar-refractivity contribution in [3.63, 3.8) is 0 Å². The fourth-order valence-electron chi connectivity index (χ4n) is 2.48. The summed E-state index contributed by atoms with van der Waals surface area (Å²) in [6.45, 7) is 5.20. The van der Waals surface area contributed by atoms with E-state index in [1.807, 2.05) is 0 Å². The molecule has 0 aliphatic heterocycles. The van der Waals surface area contributed by atoms with Gasteiger partial charge in [0.1, 0.15) is 0 Å². The van der Waals surface area contributed by atoms with Crippen LogP contribution in [0, 0.1) is 11.3 Å². The molecule has 100 valence electrons. The highest BCUT2D eigenvalue weighted by molar-refractivity contribution is 5.83. The Bertz CT molecular complexity index is 248. The highest BCUT2D eigenvalue weighted by Crippen LogP contribution is 2.37. The number of ether oxygens (including phenoxy) is 1. The summed E-state index contributed by atoms with van der Waals surface area (Å²) in [6.07, 6.45) is 4.07. The van der Waals surface area contributed by atoms with Crippen molar-refractivity contribution in [2.24, 2.45) is 17.1 Å². The van der Waals surface area contributed by atoms with Crippen molar-refractivity contribution in [2.75, 3.05) is 20.3 Å². The van der Waals surface area contributed by atoms with Gasteiger partial charge in [-0.05, 0) is 18.8 Å². The van der Waals surface area contributed by atoms with Crippen molar-refractivity contribution in [2.45, 2.75) is 45.6 Å². The number of methoxy groups -OCH3 is 1. The van der Waals surface area contributed by atoms with Gasteiger partial charge in [0.15, 0.2) is 0 Å². The van der Waals surface area contributed by atoms with Crippen molar-refractivity contribution in [3.8, 4) is 0 Å². The van der Waals surface area contributed by atoms with Crippen LogP contribution in [0.25, 0.3) is 0 Å². The zero-order valence-corrected chi connectivity index (χ0v) is 11.3. The predicted octanol–water partition coefficient (Wildman–Crippen LogP) is 1.29. The molecule has 1 saturated carbocycles. The van der Waals surface area contributed by atoms with Crippen LogP contribution in [0.15, 0.2) is 0 Å². The third kappa shape index (κ3) is 3.42. The summed E-state index contributed by atoms with van der Waals surface area (Å²) >= 11 is 0. The molecule has 0 aromatic heterocycles. The zero-order chi connectivity index (χ0) is 12.9. The standard InChI is InChI=1S/C13H26N2O2/c1-10(2)11(8-17-3)15-12(16)13(9-14)6-4-5-7-13/h10-11H,4-9,14H2,1-3H3,(H,15,16). The second-order valence-electron chi connectivity index (χ2n) is 5.47. The van der Waals surface area contributed by atoms with E-state index < -0.39 is 0 Å². The molecule has 0 spiro atoms. The van der Waals surface area contributed by atoms with Crippen LogP contribution in [0.5, 0.6) is 0 Å². The molecule has 17 heavy (non-hydrogen) atoms. The smallest absolute Gasteiger partial charge is 0.227 e. The van der Waals surface area contributed by atoms with E-state index in [1.54, 1.807) is 7.11 Å². The minimum atomic E-state index is -0.319. The first-order valence-corrected chi connectivity index (χ1v) is 6.55. The lowest BCUT2D eigenvalue weighted by Crippen LogP contribution is -2.50. The third-order valence-electron chi connectivity index (χ3n) is 3.90. The molecule has 1 amide bonds. The molecule has 1 rings (SSSR count). The minimum absolute atomic E-state index is 0.0801. The first-order chi connectivity index (χ1) is 8.05. The molecule has 1 fully saturated rings. The zero-order valence-electron chi connectivity index (χ0n) is 11.3. The van der Waals surface area contributed by atoms with E-state index in [2.05, 4.69) is 19.2 Å². The number of nitrogens with two attached hydrogens (primary N) is 1. The van der Waals surface area contributed by atoms with Gasteiger partial charge in [0.05, 0.1) is 18.1 Å². The van der Waals surface area contributed by atoms with Gasteiger partial charge in [-0.25, -0.2) is 0 Å². The van der Waals surface area contributed by atoms with E-state index in [-0.39, 0.29) is 17.4 Å². The van der Waals surface area contributed by atoms with Crippen LogP contribution >= 0.6 is 0 Å². The molecule has 0 saturated heterocycles. The molecule has 0 bridgehead atoms. The minimum Gasteiger partial charge on any atom is -0.383 e. The Hall–Kier alpha value is -0.610. The van der Waals surface area contributed by atoms with Gasteiger partial charge in [-0.2, -0.15) is 0 Å². The van der Waals surface area contributed by atoms with Gasteiger partial charge >= 0.3 is 0 Å². The van der Waals surface area contributed by atoms with Gasteiger partial charge in [0.25, 0.3) is 0 Å². The first-order valence-electron chi connectivity index (χ1n) is 6.55. The van der Waals surface area contributed by atoms with Crippen LogP contribution in [0.1, 0.15) is 39.5 Å². The van der Waals surface area contributed by atoms with Crippen molar-refractivity contribution in [3.05, 3.63) is 0 Å². The van der Waals surface area contributed by atoms with E-state index in [0.29, 0.717) is 19.1 Å². The summed E-state index contributed by atoms with van der Waals surface area (Å²) in [7, 11) is 1.66. The third-order valence-corrected chi connectivity index (χ3v) is 3.90. The Kier molecular flexibility index (Phi) is 5.40. The Morgan fingerprint density at radius 3 is 2.41 bits per heavy atom. The summed E-state index contributed by atoms with van der Waals surface area (Å²) < 4.78 is 5.15. The van der Waals surface area contributed by atoms with Crippen LogP contribution in [0.3, 0.4) is 0 Å². The summed E-state index contributed by atoms with van der Waals surface area (Å²) in [6, 6.07) is 0.0801. The molecular weight excluding hydrogens is 216 g/mol. The number of carbonyl (C=O) groups is 1. The second kappa shape index (κ2) is 6.36. The monoisotopic (exact) mass is 242 g/mol. The number of hydrogen-bond donors (Lipinski definition) is 2. The number of hydrogen-bond acceptors (Lipinski definition) is 3.